The van der Waals surface area contributed by atoms with Crippen molar-refractivity contribution in [2.45, 2.75) is 6.54 Å². The molecule has 0 unspecified atom stereocenters. The summed E-state index contributed by atoms with van der Waals surface area (Å²) < 4.78 is 5.89. The van der Waals surface area contributed by atoms with Gasteiger partial charge in [-0.3, -0.25) is 0 Å². The zero-order valence-corrected chi connectivity index (χ0v) is 12.1. The van der Waals surface area contributed by atoms with Crippen molar-refractivity contribution in [1.29, 1.82) is 0 Å². The quantitative estimate of drug-likeness (QED) is 0.917. The third kappa shape index (κ3) is 3.37. The number of halogens is 2. The van der Waals surface area contributed by atoms with Crippen molar-refractivity contribution < 1.29 is 4.74 Å². The van der Waals surface area contributed by atoms with Crippen LogP contribution < -0.4 is 10.1 Å². The van der Waals surface area contributed by atoms with E-state index in [1.54, 1.807) is 13.3 Å². The van der Waals surface area contributed by atoms with Crippen LogP contribution in [0.25, 0.3) is 0 Å². The molecule has 1 heterocycles. The standard InChI is InChI=1S/C13H12BrClN2O/c1-18-13-5-2-9(8-17-13)7-16-10-3-4-12(15)11(14)6-10/h2-6,8,16H,7H2,1H3. The Morgan fingerprint density at radius 2 is 2.17 bits per heavy atom. The Morgan fingerprint density at radius 3 is 2.78 bits per heavy atom. The third-order valence-corrected chi connectivity index (χ3v) is 3.64. The summed E-state index contributed by atoms with van der Waals surface area (Å²) in [6.45, 7) is 0.699. The SMILES string of the molecule is COc1ccc(CNc2ccc(Cl)c(Br)c2)cn1. The Bertz CT molecular complexity index is 531. The molecule has 18 heavy (non-hydrogen) atoms. The van der Waals surface area contributed by atoms with E-state index in [1.807, 2.05) is 30.3 Å². The molecule has 0 saturated heterocycles. The van der Waals surface area contributed by atoms with Crippen LogP contribution in [0, 0.1) is 0 Å². The van der Waals surface area contributed by atoms with Crippen LogP contribution in [0.2, 0.25) is 5.02 Å². The molecule has 0 atom stereocenters. The molecule has 0 aliphatic heterocycles. The van der Waals surface area contributed by atoms with E-state index in [0.717, 1.165) is 15.7 Å². The van der Waals surface area contributed by atoms with E-state index in [9.17, 15) is 0 Å². The molecule has 0 aliphatic carbocycles. The number of pyridine rings is 1. The number of ether oxygens (including phenoxy) is 1. The topological polar surface area (TPSA) is 34.1 Å². The monoisotopic (exact) mass is 326 g/mol. The molecule has 3 nitrogen and oxygen atoms in total. The van der Waals surface area contributed by atoms with Crippen LogP contribution in [0.1, 0.15) is 5.56 Å². The zero-order valence-electron chi connectivity index (χ0n) is 9.78. The highest BCUT2D eigenvalue weighted by atomic mass is 79.9. The van der Waals surface area contributed by atoms with Gasteiger partial charge in [0.15, 0.2) is 0 Å². The average molecular weight is 328 g/mol. The molecule has 0 aliphatic rings. The molecular weight excluding hydrogens is 316 g/mol. The van der Waals surface area contributed by atoms with Crippen molar-refractivity contribution in [2.24, 2.45) is 0 Å². The molecule has 0 saturated carbocycles. The van der Waals surface area contributed by atoms with Gasteiger partial charge in [0.25, 0.3) is 0 Å². The summed E-state index contributed by atoms with van der Waals surface area (Å²) >= 11 is 9.32. The highest BCUT2D eigenvalue weighted by Crippen LogP contribution is 2.25. The molecule has 5 heteroatoms. The fourth-order valence-corrected chi connectivity index (χ4v) is 1.94. The van der Waals surface area contributed by atoms with Gasteiger partial charge in [-0.1, -0.05) is 17.7 Å². The average Bonchev–Trinajstić information content (AvgIpc) is 2.41. The smallest absolute Gasteiger partial charge is 0.212 e. The molecule has 0 fully saturated rings. The van der Waals surface area contributed by atoms with E-state index in [-0.39, 0.29) is 0 Å². The molecule has 0 radical (unpaired) electrons. The van der Waals surface area contributed by atoms with Crippen LogP contribution >= 0.6 is 27.5 Å². The summed E-state index contributed by atoms with van der Waals surface area (Å²) in [7, 11) is 1.60. The molecule has 2 aromatic rings. The van der Waals surface area contributed by atoms with Crippen LogP contribution in [-0.2, 0) is 6.54 Å². The second kappa shape index (κ2) is 6.07. The van der Waals surface area contributed by atoms with Crippen molar-refractivity contribution in [1.82, 2.24) is 4.98 Å². The number of nitrogens with one attached hydrogen (secondary N) is 1. The first-order valence-electron chi connectivity index (χ1n) is 5.37. The first-order chi connectivity index (χ1) is 8.69. The Morgan fingerprint density at radius 1 is 1.33 bits per heavy atom. The maximum absolute atomic E-state index is 5.93. The molecule has 1 aromatic carbocycles. The van der Waals surface area contributed by atoms with Crippen LogP contribution in [0.15, 0.2) is 41.0 Å². The van der Waals surface area contributed by atoms with Crippen molar-refractivity contribution in [2.75, 3.05) is 12.4 Å². The van der Waals surface area contributed by atoms with Gasteiger partial charge >= 0.3 is 0 Å². The van der Waals surface area contributed by atoms with E-state index in [2.05, 4.69) is 26.2 Å². The maximum atomic E-state index is 5.93. The fraction of sp³-hybridized carbons (Fsp3) is 0.154. The Balaban J connectivity index is 1.99. The molecule has 94 valence electrons. The second-order valence-electron chi connectivity index (χ2n) is 3.69. The molecule has 0 spiro atoms. The van der Waals surface area contributed by atoms with Gasteiger partial charge in [0.2, 0.25) is 5.88 Å². The number of methoxy groups -OCH3 is 1. The molecule has 1 aromatic heterocycles. The largest absolute Gasteiger partial charge is 0.481 e. The summed E-state index contributed by atoms with van der Waals surface area (Å²) in [6.07, 6.45) is 1.79. The van der Waals surface area contributed by atoms with Gasteiger partial charge in [-0.25, -0.2) is 4.98 Å². The van der Waals surface area contributed by atoms with Gasteiger partial charge in [0.05, 0.1) is 12.1 Å². The lowest BCUT2D eigenvalue weighted by atomic mass is 10.2. The lowest BCUT2D eigenvalue weighted by Gasteiger charge is -2.08. The molecule has 0 amide bonds. The number of hydrogen-bond acceptors (Lipinski definition) is 3. The third-order valence-electron chi connectivity index (χ3n) is 2.42. The van der Waals surface area contributed by atoms with Gasteiger partial charge in [-0.05, 0) is 39.7 Å². The van der Waals surface area contributed by atoms with E-state index in [4.69, 9.17) is 16.3 Å². The van der Waals surface area contributed by atoms with Crippen molar-refractivity contribution >= 4 is 33.2 Å². The number of rotatable bonds is 4. The number of benzene rings is 1. The molecular formula is C13H12BrClN2O. The lowest BCUT2D eigenvalue weighted by molar-refractivity contribution is 0.397. The second-order valence-corrected chi connectivity index (χ2v) is 4.95. The number of aromatic nitrogens is 1. The highest BCUT2D eigenvalue weighted by Gasteiger charge is 2.00. The van der Waals surface area contributed by atoms with Crippen molar-refractivity contribution in [3.63, 3.8) is 0 Å². The minimum atomic E-state index is 0.619. The number of anilines is 1. The Hall–Kier alpha value is -1.26. The predicted octanol–water partition coefficient (Wildman–Crippen LogP) is 4.12. The predicted molar refractivity (Wildman–Crippen MR) is 77.3 cm³/mol. The van der Waals surface area contributed by atoms with Gasteiger partial charge in [0.1, 0.15) is 0 Å². The minimum absolute atomic E-state index is 0.619. The van der Waals surface area contributed by atoms with Crippen LogP contribution in [-0.4, -0.2) is 12.1 Å². The summed E-state index contributed by atoms with van der Waals surface area (Å²) in [5, 5.41) is 4.00. The Labute approximate surface area is 119 Å². The summed E-state index contributed by atoms with van der Waals surface area (Å²) in [5.74, 6) is 0.619. The maximum Gasteiger partial charge on any atom is 0.212 e. The summed E-state index contributed by atoms with van der Waals surface area (Å²) in [6, 6.07) is 9.54. The molecule has 0 bridgehead atoms. The van der Waals surface area contributed by atoms with Gasteiger partial charge < -0.3 is 10.1 Å². The van der Waals surface area contributed by atoms with E-state index in [0.29, 0.717) is 17.4 Å². The van der Waals surface area contributed by atoms with E-state index < -0.39 is 0 Å². The van der Waals surface area contributed by atoms with Gasteiger partial charge in [0, 0.05) is 29.0 Å². The number of nitrogens with zero attached hydrogens (tertiary/aromatic N) is 1. The first kappa shape index (κ1) is 13.2. The summed E-state index contributed by atoms with van der Waals surface area (Å²) in [5.41, 5.74) is 2.09. The highest BCUT2D eigenvalue weighted by molar-refractivity contribution is 9.10. The fourth-order valence-electron chi connectivity index (χ4n) is 1.45. The lowest BCUT2D eigenvalue weighted by Crippen LogP contribution is -2.00. The van der Waals surface area contributed by atoms with Gasteiger partial charge in [-0.2, -0.15) is 0 Å². The zero-order chi connectivity index (χ0) is 13.0. The normalized spacial score (nSPS) is 10.2. The minimum Gasteiger partial charge on any atom is -0.481 e. The molecule has 1 N–H and O–H groups in total. The van der Waals surface area contributed by atoms with Crippen molar-refractivity contribution in [3.8, 4) is 5.88 Å². The van der Waals surface area contributed by atoms with Crippen LogP contribution in [0.3, 0.4) is 0 Å². The van der Waals surface area contributed by atoms with E-state index >= 15 is 0 Å². The Kier molecular flexibility index (Phi) is 4.44. The molecule has 2 rings (SSSR count). The van der Waals surface area contributed by atoms with Crippen LogP contribution in [0.5, 0.6) is 5.88 Å². The number of hydrogen-bond donors (Lipinski definition) is 1. The van der Waals surface area contributed by atoms with Crippen LogP contribution in [0.4, 0.5) is 5.69 Å². The van der Waals surface area contributed by atoms with Gasteiger partial charge in [-0.15, -0.1) is 0 Å². The van der Waals surface area contributed by atoms with E-state index in [1.165, 1.54) is 0 Å². The first-order valence-corrected chi connectivity index (χ1v) is 6.54. The summed E-state index contributed by atoms with van der Waals surface area (Å²) in [4.78, 5) is 4.15. The van der Waals surface area contributed by atoms with Crippen molar-refractivity contribution in [3.05, 3.63) is 51.6 Å².